The van der Waals surface area contributed by atoms with Gasteiger partial charge in [-0.3, -0.25) is 4.79 Å². The molecule has 0 radical (unpaired) electrons. The molecule has 0 saturated heterocycles. The summed E-state index contributed by atoms with van der Waals surface area (Å²) in [6.07, 6.45) is 6.89. The van der Waals surface area contributed by atoms with Crippen LogP contribution < -0.4 is 5.32 Å². The van der Waals surface area contributed by atoms with Crippen molar-refractivity contribution in [2.75, 3.05) is 6.26 Å². The highest BCUT2D eigenvalue weighted by Gasteiger charge is 2.27. The first-order chi connectivity index (χ1) is 13.6. The largest absolute Gasteiger partial charge is 0.345 e. The van der Waals surface area contributed by atoms with Crippen LogP contribution in [0, 0.1) is 13.8 Å². The van der Waals surface area contributed by atoms with Crippen LogP contribution in [0.15, 0.2) is 53.6 Å². The maximum atomic E-state index is 12.9. The van der Waals surface area contributed by atoms with E-state index in [1.165, 1.54) is 16.8 Å². The quantitative estimate of drug-likeness (QED) is 0.635. The summed E-state index contributed by atoms with van der Waals surface area (Å²) in [5.41, 5.74) is 6.64. The highest BCUT2D eigenvalue weighted by Crippen LogP contribution is 2.32. The van der Waals surface area contributed by atoms with Crippen LogP contribution in [0.2, 0.25) is 0 Å². The van der Waals surface area contributed by atoms with Gasteiger partial charge in [-0.15, -0.1) is 11.8 Å². The topological polar surface area (TPSA) is 46.9 Å². The molecule has 0 saturated carbocycles. The molecule has 144 valence electrons. The van der Waals surface area contributed by atoms with Crippen molar-refractivity contribution < 1.29 is 4.79 Å². The predicted molar refractivity (Wildman–Crippen MR) is 114 cm³/mol. The molecular weight excluding hydrogens is 366 g/mol. The summed E-state index contributed by atoms with van der Waals surface area (Å²) < 4.78 is 2.05. The minimum absolute atomic E-state index is 0.00539. The van der Waals surface area contributed by atoms with E-state index in [0.29, 0.717) is 0 Å². The SMILES string of the molecule is CSc1ccccc1C(=O)NC1CCCc2c1cnn2-c1cc(C)cc(C)c1. The van der Waals surface area contributed by atoms with Gasteiger partial charge in [0.05, 0.1) is 23.5 Å². The van der Waals surface area contributed by atoms with Crippen molar-refractivity contribution in [1.82, 2.24) is 15.1 Å². The summed E-state index contributed by atoms with van der Waals surface area (Å²) in [5.74, 6) is -0.0121. The number of aryl methyl sites for hydroxylation is 2. The second-order valence-electron chi connectivity index (χ2n) is 7.42. The minimum atomic E-state index is -0.0121. The summed E-state index contributed by atoms with van der Waals surface area (Å²) in [7, 11) is 0. The van der Waals surface area contributed by atoms with Crippen LogP contribution in [0.25, 0.3) is 5.69 Å². The lowest BCUT2D eigenvalue weighted by Gasteiger charge is -2.24. The van der Waals surface area contributed by atoms with Crippen molar-refractivity contribution in [3.63, 3.8) is 0 Å². The molecule has 0 aliphatic heterocycles. The molecule has 1 aliphatic carbocycles. The summed E-state index contributed by atoms with van der Waals surface area (Å²) in [5, 5.41) is 7.92. The molecule has 0 bridgehead atoms. The maximum Gasteiger partial charge on any atom is 0.252 e. The Kier molecular flexibility index (Phi) is 5.27. The van der Waals surface area contributed by atoms with Crippen LogP contribution >= 0.6 is 11.8 Å². The number of aromatic nitrogens is 2. The first-order valence-corrected chi connectivity index (χ1v) is 10.9. The van der Waals surface area contributed by atoms with Gasteiger partial charge in [-0.1, -0.05) is 18.2 Å². The van der Waals surface area contributed by atoms with Gasteiger partial charge in [-0.05, 0) is 74.8 Å². The van der Waals surface area contributed by atoms with E-state index in [1.54, 1.807) is 11.8 Å². The summed E-state index contributed by atoms with van der Waals surface area (Å²) in [6.45, 7) is 4.22. The molecule has 1 N–H and O–H groups in total. The molecule has 1 aliphatic rings. The number of amides is 1. The van der Waals surface area contributed by atoms with Gasteiger partial charge in [0.25, 0.3) is 5.91 Å². The van der Waals surface area contributed by atoms with Crippen molar-refractivity contribution >= 4 is 17.7 Å². The van der Waals surface area contributed by atoms with Crippen molar-refractivity contribution in [3.8, 4) is 5.69 Å². The number of carbonyl (C=O) groups is 1. The van der Waals surface area contributed by atoms with Gasteiger partial charge in [0, 0.05) is 16.2 Å². The Bertz CT molecular complexity index is 1000. The minimum Gasteiger partial charge on any atom is -0.345 e. The zero-order chi connectivity index (χ0) is 19.7. The van der Waals surface area contributed by atoms with Gasteiger partial charge < -0.3 is 5.32 Å². The molecule has 0 spiro atoms. The highest BCUT2D eigenvalue weighted by atomic mass is 32.2. The summed E-state index contributed by atoms with van der Waals surface area (Å²) in [4.78, 5) is 13.9. The third-order valence-corrected chi connectivity index (χ3v) is 6.09. The molecule has 2 aromatic carbocycles. The fourth-order valence-electron chi connectivity index (χ4n) is 4.07. The standard InChI is InChI=1S/C23H25N3OS/c1-15-11-16(2)13-17(12-15)26-21-9-6-8-20(19(21)14-24-26)25-23(27)18-7-4-5-10-22(18)28-3/h4-5,7,10-14,20H,6,8-9H2,1-3H3,(H,25,27). The van der Waals surface area contributed by atoms with Crippen LogP contribution in [-0.4, -0.2) is 21.9 Å². The molecule has 1 heterocycles. The lowest BCUT2D eigenvalue weighted by Crippen LogP contribution is -2.31. The Hall–Kier alpha value is -2.53. The number of thioether (sulfide) groups is 1. The first kappa shape index (κ1) is 18.8. The summed E-state index contributed by atoms with van der Waals surface area (Å²) >= 11 is 1.60. The second-order valence-corrected chi connectivity index (χ2v) is 8.27. The normalized spacial score (nSPS) is 15.9. The fraction of sp³-hybridized carbons (Fsp3) is 0.304. The van der Waals surface area contributed by atoms with Crippen molar-refractivity contribution in [1.29, 1.82) is 0 Å². The lowest BCUT2D eigenvalue weighted by molar-refractivity contribution is 0.0929. The molecule has 1 unspecified atom stereocenters. The van der Waals surface area contributed by atoms with Crippen molar-refractivity contribution in [2.24, 2.45) is 0 Å². The number of hydrogen-bond acceptors (Lipinski definition) is 3. The smallest absolute Gasteiger partial charge is 0.252 e. The van der Waals surface area contributed by atoms with E-state index < -0.39 is 0 Å². The van der Waals surface area contributed by atoms with Crippen LogP contribution in [0.5, 0.6) is 0 Å². The van der Waals surface area contributed by atoms with E-state index in [4.69, 9.17) is 0 Å². The average molecular weight is 392 g/mol. The molecule has 3 aromatic rings. The zero-order valence-corrected chi connectivity index (χ0v) is 17.3. The van der Waals surface area contributed by atoms with Gasteiger partial charge in [0.15, 0.2) is 0 Å². The summed E-state index contributed by atoms with van der Waals surface area (Å²) in [6, 6.07) is 14.3. The molecular formula is C23H25N3OS. The molecule has 4 rings (SSSR count). The van der Waals surface area contributed by atoms with Gasteiger partial charge >= 0.3 is 0 Å². The van der Waals surface area contributed by atoms with E-state index in [-0.39, 0.29) is 11.9 Å². The third kappa shape index (κ3) is 3.59. The van der Waals surface area contributed by atoms with E-state index in [2.05, 4.69) is 42.5 Å². The average Bonchev–Trinajstić information content (AvgIpc) is 3.12. The number of carbonyl (C=O) groups excluding carboxylic acids is 1. The fourth-order valence-corrected chi connectivity index (χ4v) is 4.67. The second kappa shape index (κ2) is 7.84. The number of fused-ring (bicyclic) bond motifs is 1. The lowest BCUT2D eigenvalue weighted by atomic mass is 9.92. The molecule has 4 nitrogen and oxygen atoms in total. The highest BCUT2D eigenvalue weighted by molar-refractivity contribution is 7.98. The number of nitrogens with zero attached hydrogens (tertiary/aromatic N) is 2. The van der Waals surface area contributed by atoms with Crippen molar-refractivity contribution in [2.45, 2.75) is 44.0 Å². The Balaban J connectivity index is 1.63. The van der Waals surface area contributed by atoms with Gasteiger partial charge in [0.2, 0.25) is 0 Å². The number of rotatable bonds is 4. The zero-order valence-electron chi connectivity index (χ0n) is 16.5. The number of hydrogen-bond donors (Lipinski definition) is 1. The van der Waals surface area contributed by atoms with Crippen LogP contribution in [0.3, 0.4) is 0 Å². The maximum absolute atomic E-state index is 12.9. The van der Waals surface area contributed by atoms with E-state index in [0.717, 1.165) is 41.0 Å². The Morgan fingerprint density at radius 1 is 1.18 bits per heavy atom. The number of benzene rings is 2. The molecule has 0 fully saturated rings. The monoisotopic (exact) mass is 391 g/mol. The van der Waals surface area contributed by atoms with Crippen LogP contribution in [-0.2, 0) is 6.42 Å². The van der Waals surface area contributed by atoms with E-state index >= 15 is 0 Å². The Morgan fingerprint density at radius 3 is 2.68 bits per heavy atom. The Morgan fingerprint density at radius 2 is 1.93 bits per heavy atom. The van der Waals surface area contributed by atoms with Gasteiger partial charge in [0.1, 0.15) is 0 Å². The van der Waals surface area contributed by atoms with Gasteiger partial charge in [-0.2, -0.15) is 5.10 Å². The van der Waals surface area contributed by atoms with E-state index in [1.807, 2.05) is 41.4 Å². The van der Waals surface area contributed by atoms with Crippen LogP contribution in [0.1, 0.15) is 51.6 Å². The van der Waals surface area contributed by atoms with Crippen molar-refractivity contribution in [3.05, 3.63) is 76.6 Å². The molecule has 1 aromatic heterocycles. The third-order valence-electron chi connectivity index (χ3n) is 5.29. The first-order valence-electron chi connectivity index (χ1n) is 9.66. The van der Waals surface area contributed by atoms with Crippen LogP contribution in [0.4, 0.5) is 0 Å². The molecule has 1 amide bonds. The number of nitrogens with one attached hydrogen (secondary N) is 1. The Labute approximate surface area is 170 Å². The predicted octanol–water partition coefficient (Wildman–Crippen LogP) is 5.02. The molecule has 1 atom stereocenters. The van der Waals surface area contributed by atoms with E-state index in [9.17, 15) is 4.79 Å². The van der Waals surface area contributed by atoms with Gasteiger partial charge in [-0.25, -0.2) is 4.68 Å². The molecule has 28 heavy (non-hydrogen) atoms. The molecule has 5 heteroatoms.